The van der Waals surface area contributed by atoms with Gasteiger partial charge in [0.2, 0.25) is 0 Å². The maximum absolute atomic E-state index is 11.3. The van der Waals surface area contributed by atoms with Crippen molar-refractivity contribution in [3.8, 4) is 6.07 Å². The second-order valence-electron chi connectivity index (χ2n) is 3.90. The molecular weight excluding hydrogens is 238 g/mol. The van der Waals surface area contributed by atoms with Crippen LogP contribution in [-0.2, 0) is 9.67 Å². The lowest BCUT2D eigenvalue weighted by atomic mass is 9.92. The molecular formula is C13H14ClNO2. The first-order chi connectivity index (χ1) is 8.04. The molecule has 1 unspecified atom stereocenters. The van der Waals surface area contributed by atoms with Crippen LogP contribution in [0.2, 0.25) is 0 Å². The molecule has 1 rings (SSSR count). The van der Waals surface area contributed by atoms with Crippen LogP contribution < -0.4 is 0 Å². The fraction of sp³-hybridized carbons (Fsp3) is 0.385. The molecule has 90 valence electrons. The van der Waals surface area contributed by atoms with E-state index in [9.17, 15) is 9.90 Å². The second kappa shape index (κ2) is 5.70. The molecule has 0 aliphatic heterocycles. The van der Waals surface area contributed by atoms with Gasteiger partial charge in [-0.3, -0.25) is 0 Å². The third kappa shape index (κ3) is 2.98. The van der Waals surface area contributed by atoms with Gasteiger partial charge in [0.25, 0.3) is 0 Å². The van der Waals surface area contributed by atoms with Gasteiger partial charge in [0.05, 0.1) is 11.6 Å². The van der Waals surface area contributed by atoms with E-state index < -0.39 is 10.8 Å². The van der Waals surface area contributed by atoms with Gasteiger partial charge in [0, 0.05) is 0 Å². The smallest absolute Gasteiger partial charge is 0.329 e. The number of nitrogens with zero attached hydrogens (tertiary/aromatic N) is 1. The molecule has 0 heterocycles. The summed E-state index contributed by atoms with van der Waals surface area (Å²) in [6.45, 7) is 1.98. The highest BCUT2D eigenvalue weighted by Crippen LogP contribution is 2.35. The molecule has 3 nitrogen and oxygen atoms in total. The molecule has 0 amide bonds. The molecule has 1 N–H and O–H groups in total. The number of carboxylic acid groups (broad SMARTS) is 1. The molecule has 0 bridgehead atoms. The Kier molecular flexibility index (Phi) is 4.53. The number of carboxylic acids is 1. The zero-order valence-corrected chi connectivity index (χ0v) is 10.4. The third-order valence-electron chi connectivity index (χ3n) is 2.69. The summed E-state index contributed by atoms with van der Waals surface area (Å²) < 4.78 is 0. The van der Waals surface area contributed by atoms with Crippen molar-refractivity contribution >= 4 is 17.6 Å². The Morgan fingerprint density at radius 1 is 1.47 bits per heavy atom. The number of unbranched alkanes of at least 4 members (excludes halogenated alkanes) is 1. The molecule has 0 spiro atoms. The second-order valence-corrected chi connectivity index (χ2v) is 4.54. The van der Waals surface area contributed by atoms with E-state index in [0.29, 0.717) is 17.5 Å². The van der Waals surface area contributed by atoms with E-state index in [1.165, 1.54) is 0 Å². The van der Waals surface area contributed by atoms with Gasteiger partial charge in [-0.1, -0.05) is 31.9 Å². The number of benzene rings is 1. The largest absolute Gasteiger partial charge is 0.480 e. The zero-order valence-electron chi connectivity index (χ0n) is 9.61. The predicted octanol–water partition coefficient (Wildman–Crippen LogP) is 3.27. The SMILES string of the molecule is CCCCC(Cl)(C(=O)O)c1ccc(C#N)cc1. The summed E-state index contributed by atoms with van der Waals surface area (Å²) in [6, 6.07) is 8.37. The minimum Gasteiger partial charge on any atom is -0.480 e. The zero-order chi connectivity index (χ0) is 12.9. The minimum atomic E-state index is -1.38. The van der Waals surface area contributed by atoms with E-state index in [0.717, 1.165) is 12.8 Å². The minimum absolute atomic E-state index is 0.381. The Hall–Kier alpha value is -1.53. The average molecular weight is 252 g/mol. The first kappa shape index (κ1) is 13.5. The van der Waals surface area contributed by atoms with Gasteiger partial charge >= 0.3 is 5.97 Å². The number of alkyl halides is 1. The standard InChI is InChI=1S/C13H14ClNO2/c1-2-3-8-13(14,12(16)17)11-6-4-10(9-15)5-7-11/h4-7H,2-3,8H2,1H3,(H,16,17). The summed E-state index contributed by atoms with van der Waals surface area (Å²) in [6.07, 6.45) is 2.01. The topological polar surface area (TPSA) is 61.1 Å². The quantitative estimate of drug-likeness (QED) is 0.817. The van der Waals surface area contributed by atoms with Crippen molar-refractivity contribution in [2.45, 2.75) is 31.1 Å². The summed E-state index contributed by atoms with van der Waals surface area (Å²) in [5.41, 5.74) is 1.02. The molecule has 0 aromatic heterocycles. The maximum Gasteiger partial charge on any atom is 0.329 e. The lowest BCUT2D eigenvalue weighted by Gasteiger charge is -2.22. The Balaban J connectivity index is 3.05. The summed E-state index contributed by atoms with van der Waals surface area (Å²) in [7, 11) is 0. The van der Waals surface area contributed by atoms with Crippen LogP contribution in [0.15, 0.2) is 24.3 Å². The van der Waals surface area contributed by atoms with Crippen LogP contribution in [0.25, 0.3) is 0 Å². The number of aliphatic carboxylic acids is 1. The average Bonchev–Trinajstić information content (AvgIpc) is 2.35. The lowest BCUT2D eigenvalue weighted by Crippen LogP contribution is -2.29. The van der Waals surface area contributed by atoms with E-state index in [-0.39, 0.29) is 0 Å². The van der Waals surface area contributed by atoms with Crippen LogP contribution >= 0.6 is 11.6 Å². The number of hydrogen-bond donors (Lipinski definition) is 1. The van der Waals surface area contributed by atoms with Crippen molar-refractivity contribution in [3.05, 3.63) is 35.4 Å². The molecule has 17 heavy (non-hydrogen) atoms. The third-order valence-corrected chi connectivity index (χ3v) is 3.25. The molecule has 1 atom stereocenters. The number of nitriles is 1. The first-order valence-corrected chi connectivity index (χ1v) is 5.85. The van der Waals surface area contributed by atoms with Gasteiger partial charge < -0.3 is 5.11 Å². The molecule has 0 aliphatic carbocycles. The van der Waals surface area contributed by atoms with Crippen molar-refractivity contribution in [3.63, 3.8) is 0 Å². The van der Waals surface area contributed by atoms with Gasteiger partial charge in [-0.2, -0.15) is 5.26 Å². The van der Waals surface area contributed by atoms with Crippen molar-refractivity contribution in [2.75, 3.05) is 0 Å². The molecule has 0 saturated heterocycles. The van der Waals surface area contributed by atoms with Crippen LogP contribution in [0, 0.1) is 11.3 Å². The van der Waals surface area contributed by atoms with Crippen LogP contribution in [0.1, 0.15) is 37.3 Å². The van der Waals surface area contributed by atoms with Gasteiger partial charge in [-0.25, -0.2) is 4.79 Å². The molecule has 0 radical (unpaired) electrons. The molecule has 1 aromatic carbocycles. The fourth-order valence-corrected chi connectivity index (χ4v) is 1.86. The van der Waals surface area contributed by atoms with Gasteiger partial charge in [0.1, 0.15) is 0 Å². The van der Waals surface area contributed by atoms with E-state index in [4.69, 9.17) is 16.9 Å². The van der Waals surface area contributed by atoms with Crippen LogP contribution in [0.5, 0.6) is 0 Å². The number of hydrogen-bond acceptors (Lipinski definition) is 2. The number of carbonyl (C=O) groups is 1. The van der Waals surface area contributed by atoms with Gasteiger partial charge in [-0.15, -0.1) is 11.6 Å². The monoisotopic (exact) mass is 251 g/mol. The first-order valence-electron chi connectivity index (χ1n) is 5.47. The summed E-state index contributed by atoms with van der Waals surface area (Å²) in [5, 5.41) is 17.9. The normalized spacial score (nSPS) is 13.7. The van der Waals surface area contributed by atoms with Gasteiger partial charge in [0.15, 0.2) is 4.87 Å². The highest BCUT2D eigenvalue weighted by molar-refractivity contribution is 6.33. The van der Waals surface area contributed by atoms with Crippen LogP contribution in [0.3, 0.4) is 0 Å². The van der Waals surface area contributed by atoms with Crippen LogP contribution in [0.4, 0.5) is 0 Å². The Labute approximate surface area is 106 Å². The molecule has 0 fully saturated rings. The highest BCUT2D eigenvalue weighted by Gasteiger charge is 2.37. The predicted molar refractivity (Wildman–Crippen MR) is 65.8 cm³/mol. The molecule has 1 aromatic rings. The van der Waals surface area contributed by atoms with Gasteiger partial charge in [-0.05, 0) is 24.1 Å². The Bertz CT molecular complexity index is 436. The van der Waals surface area contributed by atoms with E-state index >= 15 is 0 Å². The van der Waals surface area contributed by atoms with E-state index in [1.807, 2.05) is 13.0 Å². The summed E-state index contributed by atoms with van der Waals surface area (Å²) >= 11 is 6.19. The summed E-state index contributed by atoms with van der Waals surface area (Å²) in [4.78, 5) is 9.90. The lowest BCUT2D eigenvalue weighted by molar-refractivity contribution is -0.140. The Morgan fingerprint density at radius 3 is 2.47 bits per heavy atom. The van der Waals surface area contributed by atoms with Crippen molar-refractivity contribution in [1.82, 2.24) is 0 Å². The maximum atomic E-state index is 11.3. The molecule has 0 aliphatic rings. The van der Waals surface area contributed by atoms with E-state index in [1.54, 1.807) is 24.3 Å². The number of halogens is 1. The van der Waals surface area contributed by atoms with Crippen molar-refractivity contribution in [1.29, 1.82) is 5.26 Å². The van der Waals surface area contributed by atoms with Crippen molar-refractivity contribution < 1.29 is 9.90 Å². The number of rotatable bonds is 5. The molecule has 4 heteroatoms. The van der Waals surface area contributed by atoms with Crippen molar-refractivity contribution in [2.24, 2.45) is 0 Å². The van der Waals surface area contributed by atoms with E-state index in [2.05, 4.69) is 0 Å². The summed E-state index contributed by atoms with van der Waals surface area (Å²) in [5.74, 6) is -1.04. The fourth-order valence-electron chi connectivity index (χ4n) is 1.60. The molecule has 0 saturated carbocycles. The Morgan fingerprint density at radius 2 is 2.06 bits per heavy atom. The highest BCUT2D eigenvalue weighted by atomic mass is 35.5. The van der Waals surface area contributed by atoms with Crippen LogP contribution in [-0.4, -0.2) is 11.1 Å².